The minimum Gasteiger partial charge on any atom is -0.391 e. The number of aliphatic hydroxyl groups is 1. The van der Waals surface area contributed by atoms with Crippen LogP contribution in [-0.4, -0.2) is 35.1 Å². The predicted molar refractivity (Wildman–Crippen MR) is 66.8 cm³/mol. The SMILES string of the molecule is Cc1ccc(F)c(C(=O)N2CCC(C)C(O)C2)c1. The van der Waals surface area contributed by atoms with Crippen LogP contribution in [0.2, 0.25) is 0 Å². The van der Waals surface area contributed by atoms with E-state index in [1.807, 2.05) is 13.8 Å². The summed E-state index contributed by atoms with van der Waals surface area (Å²) in [4.78, 5) is 13.7. The molecule has 0 aliphatic carbocycles. The fourth-order valence-electron chi connectivity index (χ4n) is 2.21. The van der Waals surface area contributed by atoms with Crippen LogP contribution in [0.3, 0.4) is 0 Å². The maximum atomic E-state index is 13.6. The molecule has 1 N–H and O–H groups in total. The highest BCUT2D eigenvalue weighted by atomic mass is 19.1. The third kappa shape index (κ3) is 2.53. The van der Waals surface area contributed by atoms with Crippen LogP contribution in [0.5, 0.6) is 0 Å². The van der Waals surface area contributed by atoms with Gasteiger partial charge in [-0.1, -0.05) is 18.6 Å². The number of hydrogen-bond donors (Lipinski definition) is 1. The highest BCUT2D eigenvalue weighted by Crippen LogP contribution is 2.20. The van der Waals surface area contributed by atoms with Crippen LogP contribution >= 0.6 is 0 Å². The Labute approximate surface area is 106 Å². The number of halogens is 1. The number of rotatable bonds is 1. The molecule has 98 valence electrons. The summed E-state index contributed by atoms with van der Waals surface area (Å²) in [5.41, 5.74) is 0.947. The summed E-state index contributed by atoms with van der Waals surface area (Å²) in [5.74, 6) is -0.641. The monoisotopic (exact) mass is 251 g/mol. The lowest BCUT2D eigenvalue weighted by Crippen LogP contribution is -2.46. The summed E-state index contributed by atoms with van der Waals surface area (Å²) in [6.45, 7) is 4.64. The molecule has 1 fully saturated rings. The molecule has 1 aliphatic rings. The number of piperidine rings is 1. The van der Waals surface area contributed by atoms with Crippen molar-refractivity contribution in [1.82, 2.24) is 4.90 Å². The van der Waals surface area contributed by atoms with Gasteiger partial charge in [0, 0.05) is 13.1 Å². The van der Waals surface area contributed by atoms with Gasteiger partial charge in [0.25, 0.3) is 5.91 Å². The Morgan fingerprint density at radius 3 is 2.89 bits per heavy atom. The highest BCUT2D eigenvalue weighted by Gasteiger charge is 2.28. The molecule has 0 spiro atoms. The largest absolute Gasteiger partial charge is 0.391 e. The first-order valence-corrected chi connectivity index (χ1v) is 6.22. The molecule has 4 heteroatoms. The Morgan fingerprint density at radius 1 is 1.50 bits per heavy atom. The molecular formula is C14H18FNO2. The third-order valence-corrected chi connectivity index (χ3v) is 3.56. The molecule has 1 aromatic carbocycles. The van der Waals surface area contributed by atoms with E-state index in [1.54, 1.807) is 12.1 Å². The van der Waals surface area contributed by atoms with Gasteiger partial charge in [0.2, 0.25) is 0 Å². The molecule has 0 bridgehead atoms. The Balaban J connectivity index is 2.19. The van der Waals surface area contributed by atoms with Crippen molar-refractivity contribution in [3.63, 3.8) is 0 Å². The first-order chi connectivity index (χ1) is 8.49. The van der Waals surface area contributed by atoms with Crippen molar-refractivity contribution < 1.29 is 14.3 Å². The number of β-amino-alcohol motifs (C(OH)–C–C–N with tert-alkyl or cyclic N) is 1. The molecular weight excluding hydrogens is 233 g/mol. The first kappa shape index (κ1) is 13.0. The Bertz CT molecular complexity index is 461. The van der Waals surface area contributed by atoms with Crippen LogP contribution in [0.4, 0.5) is 4.39 Å². The van der Waals surface area contributed by atoms with Crippen molar-refractivity contribution in [2.24, 2.45) is 5.92 Å². The molecule has 1 heterocycles. The fourth-order valence-corrected chi connectivity index (χ4v) is 2.21. The van der Waals surface area contributed by atoms with Gasteiger partial charge < -0.3 is 10.0 Å². The summed E-state index contributed by atoms with van der Waals surface area (Å²) in [6.07, 6.45) is 0.232. The average molecular weight is 251 g/mol. The zero-order chi connectivity index (χ0) is 13.3. The summed E-state index contributed by atoms with van der Waals surface area (Å²) >= 11 is 0. The van der Waals surface area contributed by atoms with Gasteiger partial charge in [-0.15, -0.1) is 0 Å². The van der Waals surface area contributed by atoms with E-state index in [9.17, 15) is 14.3 Å². The van der Waals surface area contributed by atoms with E-state index < -0.39 is 11.9 Å². The Morgan fingerprint density at radius 2 is 2.22 bits per heavy atom. The van der Waals surface area contributed by atoms with Crippen molar-refractivity contribution in [1.29, 1.82) is 0 Å². The second kappa shape index (κ2) is 5.06. The molecule has 1 amide bonds. The highest BCUT2D eigenvalue weighted by molar-refractivity contribution is 5.94. The molecule has 2 rings (SSSR count). The van der Waals surface area contributed by atoms with Gasteiger partial charge in [-0.25, -0.2) is 4.39 Å². The number of aryl methyl sites for hydroxylation is 1. The van der Waals surface area contributed by atoms with Crippen LogP contribution in [0.1, 0.15) is 29.3 Å². The lowest BCUT2D eigenvalue weighted by molar-refractivity contribution is 0.0246. The van der Waals surface area contributed by atoms with Crippen molar-refractivity contribution in [2.75, 3.05) is 13.1 Å². The van der Waals surface area contributed by atoms with Crippen LogP contribution in [0.15, 0.2) is 18.2 Å². The molecule has 0 radical (unpaired) electrons. The van der Waals surface area contributed by atoms with E-state index in [4.69, 9.17) is 0 Å². The number of hydrogen-bond acceptors (Lipinski definition) is 2. The van der Waals surface area contributed by atoms with E-state index in [0.29, 0.717) is 6.54 Å². The summed E-state index contributed by atoms with van der Waals surface area (Å²) in [7, 11) is 0. The lowest BCUT2D eigenvalue weighted by Gasteiger charge is -2.34. The molecule has 0 saturated carbocycles. The minimum atomic E-state index is -0.518. The van der Waals surface area contributed by atoms with Gasteiger partial charge in [0.05, 0.1) is 11.7 Å². The topological polar surface area (TPSA) is 40.5 Å². The maximum Gasteiger partial charge on any atom is 0.256 e. The molecule has 1 aromatic rings. The second-order valence-corrected chi connectivity index (χ2v) is 5.07. The summed E-state index contributed by atoms with van der Waals surface area (Å²) in [6, 6.07) is 4.51. The number of likely N-dealkylation sites (tertiary alicyclic amines) is 1. The number of carbonyl (C=O) groups is 1. The minimum absolute atomic E-state index is 0.0942. The second-order valence-electron chi connectivity index (χ2n) is 5.07. The number of aliphatic hydroxyl groups excluding tert-OH is 1. The molecule has 18 heavy (non-hydrogen) atoms. The molecule has 2 atom stereocenters. The normalized spacial score (nSPS) is 24.1. The standard InChI is InChI=1S/C14H18FNO2/c1-9-3-4-12(15)11(7-9)14(18)16-6-5-10(2)13(17)8-16/h3-4,7,10,13,17H,5-6,8H2,1-2H3. The molecule has 1 aliphatic heterocycles. The Kier molecular flexibility index (Phi) is 3.66. The van der Waals surface area contributed by atoms with Crippen LogP contribution in [0, 0.1) is 18.7 Å². The number of benzene rings is 1. The predicted octanol–water partition coefficient (Wildman–Crippen LogP) is 1.98. The first-order valence-electron chi connectivity index (χ1n) is 6.22. The fraction of sp³-hybridized carbons (Fsp3) is 0.500. The number of nitrogens with zero attached hydrogens (tertiary/aromatic N) is 1. The van der Waals surface area contributed by atoms with Gasteiger partial charge in [0.1, 0.15) is 5.82 Å². The molecule has 1 saturated heterocycles. The van der Waals surface area contributed by atoms with Gasteiger partial charge in [0.15, 0.2) is 0 Å². The van der Waals surface area contributed by atoms with Crippen molar-refractivity contribution in [3.05, 3.63) is 35.1 Å². The van der Waals surface area contributed by atoms with Crippen LogP contribution in [-0.2, 0) is 0 Å². The number of amides is 1. The van der Waals surface area contributed by atoms with Gasteiger partial charge in [-0.05, 0) is 31.4 Å². The van der Waals surface area contributed by atoms with Crippen LogP contribution < -0.4 is 0 Å². The quantitative estimate of drug-likeness (QED) is 0.829. The van der Waals surface area contributed by atoms with Crippen molar-refractivity contribution in [3.8, 4) is 0 Å². The van der Waals surface area contributed by atoms with Gasteiger partial charge >= 0.3 is 0 Å². The number of carbonyl (C=O) groups excluding carboxylic acids is 1. The summed E-state index contributed by atoms with van der Waals surface area (Å²) < 4.78 is 13.6. The lowest BCUT2D eigenvalue weighted by atomic mass is 9.95. The van der Waals surface area contributed by atoms with Crippen LogP contribution in [0.25, 0.3) is 0 Å². The maximum absolute atomic E-state index is 13.6. The zero-order valence-corrected chi connectivity index (χ0v) is 10.7. The zero-order valence-electron chi connectivity index (χ0n) is 10.7. The van der Waals surface area contributed by atoms with E-state index >= 15 is 0 Å². The third-order valence-electron chi connectivity index (χ3n) is 3.56. The molecule has 0 aromatic heterocycles. The van der Waals surface area contributed by atoms with Crippen molar-refractivity contribution >= 4 is 5.91 Å². The van der Waals surface area contributed by atoms with E-state index in [0.717, 1.165) is 12.0 Å². The molecule has 2 unspecified atom stereocenters. The van der Waals surface area contributed by atoms with Crippen molar-refractivity contribution in [2.45, 2.75) is 26.4 Å². The average Bonchev–Trinajstić information content (AvgIpc) is 2.35. The molecule has 3 nitrogen and oxygen atoms in total. The van der Waals surface area contributed by atoms with Gasteiger partial charge in [-0.3, -0.25) is 4.79 Å². The smallest absolute Gasteiger partial charge is 0.256 e. The van der Waals surface area contributed by atoms with E-state index in [1.165, 1.54) is 11.0 Å². The Hall–Kier alpha value is -1.42. The van der Waals surface area contributed by atoms with E-state index in [-0.39, 0.29) is 23.9 Å². The van der Waals surface area contributed by atoms with E-state index in [2.05, 4.69) is 0 Å². The summed E-state index contributed by atoms with van der Waals surface area (Å²) in [5, 5.41) is 9.78. The van der Waals surface area contributed by atoms with Gasteiger partial charge in [-0.2, -0.15) is 0 Å².